The maximum Gasteiger partial charge on any atom is 0.337 e. The van der Waals surface area contributed by atoms with Crippen molar-refractivity contribution >= 4 is 46.3 Å². The van der Waals surface area contributed by atoms with E-state index in [2.05, 4.69) is 49.2 Å². The van der Waals surface area contributed by atoms with Crippen LogP contribution in [-0.2, 0) is 0 Å². The van der Waals surface area contributed by atoms with Crippen molar-refractivity contribution < 1.29 is 14.3 Å². The van der Waals surface area contributed by atoms with Crippen molar-refractivity contribution in [1.82, 2.24) is 10.9 Å². The Morgan fingerprint density at radius 3 is 2.03 bits per heavy atom. The summed E-state index contributed by atoms with van der Waals surface area (Å²) in [6, 6.07) is 8.89. The first-order valence-corrected chi connectivity index (χ1v) is 10.6. The molecule has 0 bridgehead atoms. The number of urea groups is 1. The highest BCUT2D eigenvalue weighted by Gasteiger charge is 2.16. The van der Waals surface area contributed by atoms with Gasteiger partial charge in [-0.05, 0) is 35.2 Å². The molecule has 0 saturated heterocycles. The zero-order chi connectivity index (χ0) is 23.1. The lowest BCUT2D eigenvalue weighted by molar-refractivity contribution is 0.250. The number of amides is 2. The number of hydrogen-bond acceptors (Lipinski definition) is 4. The molecule has 0 unspecified atom stereocenters. The van der Waals surface area contributed by atoms with Gasteiger partial charge >= 0.3 is 6.03 Å². The van der Waals surface area contributed by atoms with E-state index < -0.39 is 6.03 Å². The number of hydrazine groups is 1. The number of ether oxygens (including phenoxy) is 2. The van der Waals surface area contributed by atoms with Gasteiger partial charge in [0.2, 0.25) is 0 Å². The summed E-state index contributed by atoms with van der Waals surface area (Å²) in [6.07, 6.45) is 0. The average molecular weight is 465 g/mol. The van der Waals surface area contributed by atoms with Gasteiger partial charge in [-0.1, -0.05) is 57.5 Å². The van der Waals surface area contributed by atoms with E-state index in [1.165, 1.54) is 14.2 Å². The molecular formula is C22H29ClN4O3S. The summed E-state index contributed by atoms with van der Waals surface area (Å²) in [4.78, 5) is 12.6. The third kappa shape index (κ3) is 6.38. The van der Waals surface area contributed by atoms with Gasteiger partial charge in [-0.2, -0.15) is 0 Å². The van der Waals surface area contributed by atoms with Gasteiger partial charge in [-0.15, -0.1) is 0 Å². The average Bonchev–Trinajstić information content (AvgIpc) is 2.72. The highest BCUT2D eigenvalue weighted by Crippen LogP contribution is 2.36. The number of benzene rings is 2. The molecule has 0 spiro atoms. The van der Waals surface area contributed by atoms with E-state index in [9.17, 15) is 4.79 Å². The van der Waals surface area contributed by atoms with Crippen LogP contribution in [0.3, 0.4) is 0 Å². The topological polar surface area (TPSA) is 83.7 Å². The van der Waals surface area contributed by atoms with Gasteiger partial charge in [0, 0.05) is 17.8 Å². The Kier molecular flexibility index (Phi) is 8.76. The summed E-state index contributed by atoms with van der Waals surface area (Å²) in [6.45, 7) is 8.36. The molecule has 2 amide bonds. The minimum absolute atomic E-state index is 0.166. The van der Waals surface area contributed by atoms with Crippen LogP contribution in [0.1, 0.15) is 50.7 Å². The monoisotopic (exact) mass is 464 g/mol. The van der Waals surface area contributed by atoms with Crippen molar-refractivity contribution in [2.24, 2.45) is 0 Å². The number of anilines is 2. The maximum atomic E-state index is 12.6. The summed E-state index contributed by atoms with van der Waals surface area (Å²) < 4.78 is 10.5. The van der Waals surface area contributed by atoms with E-state index in [0.29, 0.717) is 22.2 Å². The lowest BCUT2D eigenvalue weighted by Gasteiger charge is -2.21. The molecule has 2 aromatic rings. The molecule has 0 aliphatic rings. The number of carbonyl (C=O) groups is 1. The van der Waals surface area contributed by atoms with Crippen molar-refractivity contribution in [3.05, 3.63) is 46.5 Å². The maximum absolute atomic E-state index is 12.6. The number of hydrogen-bond donors (Lipinski definition) is 4. The number of nitrogens with one attached hydrogen (secondary N) is 4. The summed E-state index contributed by atoms with van der Waals surface area (Å²) in [5.74, 6) is 1.46. The smallest absolute Gasteiger partial charge is 0.337 e. The minimum atomic E-state index is -0.431. The van der Waals surface area contributed by atoms with Crippen LogP contribution in [0.2, 0.25) is 5.02 Å². The molecule has 168 valence electrons. The van der Waals surface area contributed by atoms with Crippen LogP contribution in [-0.4, -0.2) is 25.4 Å². The Bertz CT molecular complexity index is 924. The molecule has 0 aliphatic carbocycles. The zero-order valence-corrected chi connectivity index (χ0v) is 20.1. The van der Waals surface area contributed by atoms with Gasteiger partial charge in [0.25, 0.3) is 0 Å². The van der Waals surface area contributed by atoms with Crippen LogP contribution < -0.4 is 31.0 Å². The van der Waals surface area contributed by atoms with E-state index >= 15 is 0 Å². The summed E-state index contributed by atoms with van der Waals surface area (Å²) in [5.41, 5.74) is 8.73. The molecule has 7 nitrogen and oxygen atoms in total. The minimum Gasteiger partial charge on any atom is -0.495 e. The Balaban J connectivity index is 2.07. The van der Waals surface area contributed by atoms with Crippen LogP contribution in [0.4, 0.5) is 16.2 Å². The number of para-hydroxylation sites is 1. The summed E-state index contributed by atoms with van der Waals surface area (Å²) in [7, 11) is 3.03. The molecule has 4 N–H and O–H groups in total. The van der Waals surface area contributed by atoms with Crippen molar-refractivity contribution in [2.45, 2.75) is 39.5 Å². The molecule has 0 atom stereocenters. The van der Waals surface area contributed by atoms with E-state index in [-0.39, 0.29) is 16.9 Å². The normalized spacial score (nSPS) is 10.6. The third-order valence-electron chi connectivity index (χ3n) is 4.62. The lowest BCUT2D eigenvalue weighted by Crippen LogP contribution is -2.46. The van der Waals surface area contributed by atoms with E-state index in [0.717, 1.165) is 16.8 Å². The molecule has 2 rings (SSSR count). The van der Waals surface area contributed by atoms with Crippen LogP contribution in [0.25, 0.3) is 0 Å². The number of methoxy groups -OCH3 is 2. The van der Waals surface area contributed by atoms with E-state index in [1.54, 1.807) is 12.1 Å². The first-order chi connectivity index (χ1) is 14.7. The molecule has 0 radical (unpaired) electrons. The lowest BCUT2D eigenvalue weighted by atomic mass is 9.93. The van der Waals surface area contributed by atoms with Crippen molar-refractivity contribution in [1.29, 1.82) is 0 Å². The molecule has 0 heterocycles. The quantitative estimate of drug-likeness (QED) is 0.327. The van der Waals surface area contributed by atoms with E-state index in [1.807, 2.05) is 18.2 Å². The van der Waals surface area contributed by atoms with Crippen LogP contribution >= 0.6 is 23.8 Å². The number of thiocarbonyl (C=S) groups is 1. The molecule has 0 aromatic heterocycles. The second kappa shape index (κ2) is 11.1. The van der Waals surface area contributed by atoms with Gasteiger partial charge in [-0.3, -0.25) is 5.43 Å². The predicted octanol–water partition coefficient (Wildman–Crippen LogP) is 5.63. The Hall–Kier alpha value is -2.71. The Morgan fingerprint density at radius 1 is 0.935 bits per heavy atom. The molecule has 2 aromatic carbocycles. The predicted molar refractivity (Wildman–Crippen MR) is 131 cm³/mol. The molecule has 0 aliphatic heterocycles. The van der Waals surface area contributed by atoms with E-state index in [4.69, 9.17) is 33.3 Å². The first-order valence-electron chi connectivity index (χ1n) is 9.86. The Morgan fingerprint density at radius 2 is 1.52 bits per heavy atom. The highest BCUT2D eigenvalue weighted by molar-refractivity contribution is 7.80. The molecule has 0 saturated carbocycles. The third-order valence-corrected chi connectivity index (χ3v) is 5.12. The van der Waals surface area contributed by atoms with Gasteiger partial charge in [-0.25, -0.2) is 10.2 Å². The first kappa shape index (κ1) is 24.6. The summed E-state index contributed by atoms with van der Waals surface area (Å²) >= 11 is 11.4. The van der Waals surface area contributed by atoms with Crippen LogP contribution in [0, 0.1) is 0 Å². The molecule has 9 heteroatoms. The van der Waals surface area contributed by atoms with Crippen molar-refractivity contribution in [3.63, 3.8) is 0 Å². The molecule has 0 fully saturated rings. The fraction of sp³-hybridized carbons (Fsp3) is 0.364. The zero-order valence-electron chi connectivity index (χ0n) is 18.6. The number of carbonyl (C=O) groups excluding carboxylic acids is 1. The van der Waals surface area contributed by atoms with Crippen LogP contribution in [0.15, 0.2) is 30.3 Å². The standard InChI is InChI=1S/C22H29ClN4O3S/c1-12(2)14-8-7-9-15(13(3)4)20(14)25-21(28)26-27-22(31)24-17-11-18(29-5)16(23)10-19(17)30-6/h7-13H,1-6H3,(H2,24,27,31)(H2,25,26,28). The highest BCUT2D eigenvalue weighted by atomic mass is 35.5. The fourth-order valence-corrected chi connectivity index (χ4v) is 3.46. The van der Waals surface area contributed by atoms with Crippen molar-refractivity contribution in [3.8, 4) is 11.5 Å². The fourth-order valence-electron chi connectivity index (χ4n) is 3.07. The molecular weight excluding hydrogens is 436 g/mol. The number of halogens is 1. The SMILES string of the molecule is COc1cc(NC(=S)NNC(=O)Nc2c(C(C)C)cccc2C(C)C)c(OC)cc1Cl. The van der Waals surface area contributed by atoms with Gasteiger partial charge in [0.15, 0.2) is 5.11 Å². The Labute approximate surface area is 193 Å². The second-order valence-electron chi connectivity index (χ2n) is 7.47. The van der Waals surface area contributed by atoms with Gasteiger partial charge < -0.3 is 20.1 Å². The molecule has 31 heavy (non-hydrogen) atoms. The largest absolute Gasteiger partial charge is 0.495 e. The van der Waals surface area contributed by atoms with Crippen molar-refractivity contribution in [2.75, 3.05) is 24.9 Å². The van der Waals surface area contributed by atoms with Gasteiger partial charge in [0.1, 0.15) is 11.5 Å². The summed E-state index contributed by atoms with van der Waals surface area (Å²) in [5, 5.41) is 6.48. The van der Waals surface area contributed by atoms with Crippen LogP contribution in [0.5, 0.6) is 11.5 Å². The van der Waals surface area contributed by atoms with Gasteiger partial charge in [0.05, 0.1) is 24.9 Å². The second-order valence-corrected chi connectivity index (χ2v) is 8.28. The number of rotatable bonds is 6.